The van der Waals surface area contributed by atoms with Gasteiger partial charge in [0.2, 0.25) is 0 Å². The summed E-state index contributed by atoms with van der Waals surface area (Å²) in [6, 6.07) is 9.80. The van der Waals surface area contributed by atoms with Crippen LogP contribution in [-0.4, -0.2) is 35.0 Å². The molecule has 5 nitrogen and oxygen atoms in total. The van der Waals surface area contributed by atoms with Crippen LogP contribution >= 0.6 is 17.4 Å². The van der Waals surface area contributed by atoms with E-state index < -0.39 is 5.97 Å². The molecule has 0 amide bonds. The molecule has 1 saturated carbocycles. The van der Waals surface area contributed by atoms with E-state index in [-0.39, 0.29) is 24.5 Å². The Labute approximate surface area is 184 Å². The molecule has 1 fully saturated rings. The Balaban J connectivity index is 1.82. The molecule has 0 radical (unpaired) electrons. The van der Waals surface area contributed by atoms with Crippen LogP contribution in [-0.2, 0) is 9.32 Å². The second kappa shape index (κ2) is 14.1. The molecular formula is C23H36O5P2. The number of ether oxygens (including phenoxy) is 1. The van der Waals surface area contributed by atoms with E-state index in [1.54, 1.807) is 0 Å². The number of aliphatic carboxylic acids is 1. The van der Waals surface area contributed by atoms with Crippen molar-refractivity contribution in [3.63, 3.8) is 0 Å². The number of allylic oxidation sites excluding steroid dienone is 2. The molecule has 30 heavy (non-hydrogen) atoms. The summed E-state index contributed by atoms with van der Waals surface area (Å²) >= 11 is 0. The Morgan fingerprint density at radius 2 is 2.07 bits per heavy atom. The smallest absolute Gasteiger partial charge is 0.303 e. The van der Waals surface area contributed by atoms with Crippen molar-refractivity contribution in [2.24, 2.45) is 17.8 Å². The maximum absolute atomic E-state index is 10.6. The highest BCUT2D eigenvalue weighted by Crippen LogP contribution is 2.42. The Morgan fingerprint density at radius 3 is 2.77 bits per heavy atom. The van der Waals surface area contributed by atoms with Gasteiger partial charge in [0.05, 0.1) is 12.2 Å². The Kier molecular flexibility index (Phi) is 11.9. The lowest BCUT2D eigenvalue weighted by atomic mass is 9.83. The van der Waals surface area contributed by atoms with Crippen molar-refractivity contribution >= 4 is 23.4 Å². The van der Waals surface area contributed by atoms with E-state index in [1.807, 2.05) is 30.3 Å². The second-order valence-corrected chi connectivity index (χ2v) is 9.34. The fraction of sp³-hybridized carbons (Fsp3) is 0.609. The predicted molar refractivity (Wildman–Crippen MR) is 126 cm³/mol. The maximum Gasteiger partial charge on any atom is 0.303 e. The molecule has 2 unspecified atom stereocenters. The predicted octanol–water partition coefficient (Wildman–Crippen LogP) is 5.45. The van der Waals surface area contributed by atoms with Gasteiger partial charge in [0.15, 0.2) is 0 Å². The van der Waals surface area contributed by atoms with Crippen LogP contribution in [0.2, 0.25) is 0 Å². The van der Waals surface area contributed by atoms with E-state index in [2.05, 4.69) is 28.0 Å². The van der Waals surface area contributed by atoms with Crippen molar-refractivity contribution in [2.45, 2.75) is 64.1 Å². The van der Waals surface area contributed by atoms with E-state index >= 15 is 0 Å². The lowest BCUT2D eigenvalue weighted by Gasteiger charge is -2.25. The first-order chi connectivity index (χ1) is 14.5. The summed E-state index contributed by atoms with van der Waals surface area (Å²) in [5, 5.41) is 19.3. The number of hydrogen-bond acceptors (Lipinski definition) is 4. The van der Waals surface area contributed by atoms with E-state index in [9.17, 15) is 9.90 Å². The molecule has 2 N–H and O–H groups in total. The number of carboxylic acids is 1. The third kappa shape index (κ3) is 9.02. The molecule has 2 rings (SSSR count). The SMILES string of the molecule is C[C@@H]1C[C@H](O)[C@H](CC=CCCCC(=O)O)[C@H]1CC[C@H](COc1ccccc1)OPP. The number of aliphatic hydroxyl groups is 1. The van der Waals surface area contributed by atoms with Gasteiger partial charge < -0.3 is 19.5 Å². The summed E-state index contributed by atoms with van der Waals surface area (Å²) in [4.78, 5) is 10.6. The molecule has 0 saturated heterocycles. The quantitative estimate of drug-likeness (QED) is 0.222. The number of rotatable bonds is 14. The number of para-hydroxylation sites is 1. The summed E-state index contributed by atoms with van der Waals surface area (Å²) in [6.07, 6.45) is 9.21. The number of carboxylic acid groups (broad SMARTS) is 1. The van der Waals surface area contributed by atoms with Gasteiger partial charge in [0, 0.05) is 14.9 Å². The monoisotopic (exact) mass is 454 g/mol. The number of benzene rings is 1. The summed E-state index contributed by atoms with van der Waals surface area (Å²) < 4.78 is 11.8. The van der Waals surface area contributed by atoms with Crippen LogP contribution in [0.1, 0.15) is 51.9 Å². The average molecular weight is 454 g/mol. The van der Waals surface area contributed by atoms with Crippen LogP contribution in [0.3, 0.4) is 0 Å². The van der Waals surface area contributed by atoms with Gasteiger partial charge in [0.25, 0.3) is 0 Å². The highest BCUT2D eigenvalue weighted by atomic mass is 32.0. The topological polar surface area (TPSA) is 76.0 Å². The highest BCUT2D eigenvalue weighted by Gasteiger charge is 2.39. The van der Waals surface area contributed by atoms with Crippen molar-refractivity contribution in [1.82, 2.24) is 0 Å². The second-order valence-electron chi connectivity index (χ2n) is 8.16. The minimum Gasteiger partial charge on any atom is -0.491 e. The van der Waals surface area contributed by atoms with E-state index in [4.69, 9.17) is 14.4 Å². The van der Waals surface area contributed by atoms with Gasteiger partial charge in [0.1, 0.15) is 12.4 Å². The minimum absolute atomic E-state index is 0.0400. The number of carbonyl (C=O) groups is 1. The van der Waals surface area contributed by atoms with Crippen molar-refractivity contribution < 1.29 is 24.3 Å². The van der Waals surface area contributed by atoms with Crippen molar-refractivity contribution in [3.05, 3.63) is 42.5 Å². The van der Waals surface area contributed by atoms with E-state index in [0.29, 0.717) is 33.4 Å². The molecule has 0 spiro atoms. The molecule has 1 aromatic carbocycles. The Morgan fingerprint density at radius 1 is 1.30 bits per heavy atom. The average Bonchev–Trinajstić information content (AvgIpc) is 2.99. The fourth-order valence-corrected chi connectivity index (χ4v) is 5.32. The van der Waals surface area contributed by atoms with Gasteiger partial charge in [-0.3, -0.25) is 4.79 Å². The molecule has 0 aromatic heterocycles. The van der Waals surface area contributed by atoms with Gasteiger partial charge in [-0.05, 0) is 68.4 Å². The zero-order valence-electron chi connectivity index (χ0n) is 17.8. The fourth-order valence-electron chi connectivity index (χ4n) is 4.37. The Hall–Kier alpha value is -0.990. The third-order valence-electron chi connectivity index (χ3n) is 5.96. The molecule has 1 aliphatic rings. The molecular weight excluding hydrogens is 418 g/mol. The maximum atomic E-state index is 10.6. The van der Waals surface area contributed by atoms with Crippen LogP contribution < -0.4 is 4.74 Å². The first kappa shape index (κ1) is 25.3. The summed E-state index contributed by atoms with van der Waals surface area (Å²) in [5.41, 5.74) is 0. The number of aliphatic hydroxyl groups excluding tert-OH is 1. The zero-order chi connectivity index (χ0) is 21.8. The van der Waals surface area contributed by atoms with Crippen molar-refractivity contribution in [1.29, 1.82) is 0 Å². The van der Waals surface area contributed by atoms with Crippen LogP contribution in [0.15, 0.2) is 42.5 Å². The number of hydrogen-bond donors (Lipinski definition) is 2. The standard InChI is InChI=1S/C23H36O5P2/c1-17-15-22(24)21(11-7-2-3-8-12-23(25)26)20(17)14-13-19(28-30-29)16-27-18-9-5-4-6-10-18/h2,4-7,9-10,17,19-22,24,30H,3,8,11-16,29H2,1H3,(H,25,26)/t17-,19-,20+,21-,22+/m1/s1. The third-order valence-corrected chi connectivity index (χ3v) is 6.84. The molecule has 7 atom stereocenters. The van der Waals surface area contributed by atoms with Crippen LogP contribution in [0.25, 0.3) is 0 Å². The van der Waals surface area contributed by atoms with Crippen molar-refractivity contribution in [2.75, 3.05) is 6.61 Å². The van der Waals surface area contributed by atoms with Crippen LogP contribution in [0.5, 0.6) is 5.75 Å². The van der Waals surface area contributed by atoms with E-state index in [0.717, 1.165) is 37.9 Å². The molecule has 1 aliphatic carbocycles. The van der Waals surface area contributed by atoms with Gasteiger partial charge in [-0.15, -0.1) is 0 Å². The first-order valence-electron chi connectivity index (χ1n) is 10.8. The molecule has 168 valence electrons. The normalized spacial score (nSPS) is 25.3. The minimum atomic E-state index is -0.748. The van der Waals surface area contributed by atoms with Crippen molar-refractivity contribution in [3.8, 4) is 5.75 Å². The lowest BCUT2D eigenvalue weighted by Crippen LogP contribution is -2.24. The van der Waals surface area contributed by atoms with Gasteiger partial charge >= 0.3 is 5.97 Å². The highest BCUT2D eigenvalue weighted by molar-refractivity contribution is 8.00. The molecule has 0 heterocycles. The summed E-state index contributed by atoms with van der Waals surface area (Å²) in [6.45, 7) is 2.77. The molecule has 7 heteroatoms. The van der Waals surface area contributed by atoms with Crippen LogP contribution in [0, 0.1) is 17.8 Å². The van der Waals surface area contributed by atoms with Gasteiger partial charge in [-0.25, -0.2) is 0 Å². The number of unbranched alkanes of at least 4 members (excludes halogenated alkanes) is 1. The molecule has 0 bridgehead atoms. The lowest BCUT2D eigenvalue weighted by molar-refractivity contribution is -0.137. The molecule has 0 aliphatic heterocycles. The van der Waals surface area contributed by atoms with Gasteiger partial charge in [-0.1, -0.05) is 46.2 Å². The first-order valence-corrected chi connectivity index (χ1v) is 13.6. The van der Waals surface area contributed by atoms with Crippen LogP contribution in [0.4, 0.5) is 0 Å². The van der Waals surface area contributed by atoms with Gasteiger partial charge in [-0.2, -0.15) is 0 Å². The van der Waals surface area contributed by atoms with E-state index in [1.165, 1.54) is 0 Å². The Bertz CT molecular complexity index is 640. The summed E-state index contributed by atoms with van der Waals surface area (Å²) in [7, 11) is 2.98. The largest absolute Gasteiger partial charge is 0.491 e. The summed E-state index contributed by atoms with van der Waals surface area (Å²) in [5.74, 6) is 1.31. The molecule has 1 aromatic rings. The zero-order valence-corrected chi connectivity index (χ0v) is 19.9.